The lowest BCUT2D eigenvalue weighted by molar-refractivity contribution is -0.132. The van der Waals surface area contributed by atoms with Gasteiger partial charge < -0.3 is 15.0 Å². The molecule has 1 aromatic rings. The van der Waals surface area contributed by atoms with Crippen LogP contribution >= 0.6 is 0 Å². The summed E-state index contributed by atoms with van der Waals surface area (Å²) in [6.45, 7) is 8.10. The van der Waals surface area contributed by atoms with Gasteiger partial charge in [-0.05, 0) is 62.8 Å². The van der Waals surface area contributed by atoms with Crippen LogP contribution in [0.1, 0.15) is 38.7 Å². The van der Waals surface area contributed by atoms with Gasteiger partial charge in [0.05, 0.1) is 12.5 Å². The molecule has 1 spiro atoms. The Morgan fingerprint density at radius 2 is 2.09 bits per heavy atom. The Kier molecular flexibility index (Phi) is 4.90. The highest BCUT2D eigenvalue weighted by molar-refractivity contribution is 5.79. The fourth-order valence-electron chi connectivity index (χ4n) is 3.74. The number of likely N-dealkylation sites (tertiary alicyclic amines) is 1. The first kappa shape index (κ1) is 16.3. The van der Waals surface area contributed by atoms with Gasteiger partial charge in [0.1, 0.15) is 5.75 Å². The molecular formula is C19H28N2O2. The number of amides is 1. The average Bonchev–Trinajstić information content (AvgIpc) is 2.96. The first-order chi connectivity index (χ1) is 11.1. The molecule has 2 fully saturated rings. The summed E-state index contributed by atoms with van der Waals surface area (Å²) in [6, 6.07) is 7.92. The van der Waals surface area contributed by atoms with Crippen molar-refractivity contribution in [3.8, 4) is 5.75 Å². The summed E-state index contributed by atoms with van der Waals surface area (Å²) in [4.78, 5) is 14.6. The van der Waals surface area contributed by atoms with E-state index in [0.29, 0.717) is 11.8 Å². The predicted molar refractivity (Wildman–Crippen MR) is 91.6 cm³/mol. The highest BCUT2D eigenvalue weighted by atomic mass is 16.5. The summed E-state index contributed by atoms with van der Waals surface area (Å²) >= 11 is 0. The molecule has 126 valence electrons. The summed E-state index contributed by atoms with van der Waals surface area (Å²) in [5, 5.41) is 3.47. The molecule has 2 aliphatic heterocycles. The van der Waals surface area contributed by atoms with Crippen LogP contribution in [0.25, 0.3) is 0 Å². The molecule has 1 aromatic carbocycles. The average molecular weight is 316 g/mol. The van der Waals surface area contributed by atoms with Crippen molar-refractivity contribution in [2.75, 3.05) is 26.2 Å². The van der Waals surface area contributed by atoms with Gasteiger partial charge in [0.2, 0.25) is 5.91 Å². The zero-order chi connectivity index (χ0) is 16.3. The Morgan fingerprint density at radius 3 is 2.74 bits per heavy atom. The van der Waals surface area contributed by atoms with E-state index in [2.05, 4.69) is 5.32 Å². The summed E-state index contributed by atoms with van der Waals surface area (Å²) < 4.78 is 5.71. The number of ether oxygens (including phenoxy) is 1. The smallest absolute Gasteiger partial charge is 0.226 e. The van der Waals surface area contributed by atoms with E-state index in [1.54, 1.807) is 0 Å². The first-order valence-electron chi connectivity index (χ1n) is 8.80. The number of piperidine rings is 1. The summed E-state index contributed by atoms with van der Waals surface area (Å²) in [5.74, 6) is 1.09. The number of nitrogens with zero attached hydrogens (tertiary/aromatic N) is 1. The molecule has 2 aliphatic rings. The normalized spacial score (nSPS) is 20.2. The molecule has 2 saturated heterocycles. The van der Waals surface area contributed by atoms with Crippen molar-refractivity contribution in [3.63, 3.8) is 0 Å². The lowest BCUT2D eigenvalue weighted by Crippen LogP contribution is -2.44. The highest BCUT2D eigenvalue weighted by Crippen LogP contribution is 2.37. The molecule has 0 aliphatic carbocycles. The van der Waals surface area contributed by atoms with Gasteiger partial charge in [0.15, 0.2) is 0 Å². The SMILES string of the molecule is CC(C)Oc1cccc(CC(=O)N2CCC3(CCNC3)CC2)c1. The number of carbonyl (C=O) groups excluding carboxylic acids is 1. The van der Waals surface area contributed by atoms with E-state index < -0.39 is 0 Å². The Morgan fingerprint density at radius 1 is 1.30 bits per heavy atom. The maximum absolute atomic E-state index is 12.6. The third-order valence-corrected chi connectivity index (χ3v) is 5.13. The quantitative estimate of drug-likeness (QED) is 0.928. The van der Waals surface area contributed by atoms with Crippen molar-refractivity contribution in [1.82, 2.24) is 10.2 Å². The zero-order valence-electron chi connectivity index (χ0n) is 14.3. The topological polar surface area (TPSA) is 41.6 Å². The number of carbonyl (C=O) groups is 1. The standard InChI is InChI=1S/C19H28N2O2/c1-15(2)23-17-5-3-4-16(12-17)13-18(22)21-10-7-19(8-11-21)6-9-20-14-19/h3-5,12,15,20H,6-11,13-14H2,1-2H3. The van der Waals surface area contributed by atoms with Crippen LogP contribution in [0.15, 0.2) is 24.3 Å². The highest BCUT2D eigenvalue weighted by Gasteiger charge is 2.37. The summed E-state index contributed by atoms with van der Waals surface area (Å²) in [6.07, 6.45) is 4.17. The molecule has 1 amide bonds. The zero-order valence-corrected chi connectivity index (χ0v) is 14.3. The van der Waals surface area contributed by atoms with Crippen molar-refractivity contribution >= 4 is 5.91 Å². The molecule has 1 N–H and O–H groups in total. The minimum Gasteiger partial charge on any atom is -0.491 e. The van der Waals surface area contributed by atoms with Crippen LogP contribution in [0.2, 0.25) is 0 Å². The monoisotopic (exact) mass is 316 g/mol. The largest absolute Gasteiger partial charge is 0.491 e. The van der Waals surface area contributed by atoms with Gasteiger partial charge in [-0.3, -0.25) is 4.79 Å². The van der Waals surface area contributed by atoms with Crippen LogP contribution in [-0.4, -0.2) is 43.1 Å². The third-order valence-electron chi connectivity index (χ3n) is 5.13. The van der Waals surface area contributed by atoms with Gasteiger partial charge in [-0.25, -0.2) is 0 Å². The summed E-state index contributed by atoms with van der Waals surface area (Å²) in [5.41, 5.74) is 1.50. The van der Waals surface area contributed by atoms with E-state index in [4.69, 9.17) is 4.74 Å². The molecule has 23 heavy (non-hydrogen) atoms. The van der Waals surface area contributed by atoms with Crippen LogP contribution in [0.5, 0.6) is 5.75 Å². The molecular weight excluding hydrogens is 288 g/mol. The Labute approximate surface area is 139 Å². The Balaban J connectivity index is 1.55. The van der Waals surface area contributed by atoms with Gasteiger partial charge in [-0.15, -0.1) is 0 Å². The maximum Gasteiger partial charge on any atom is 0.226 e. The molecule has 0 unspecified atom stereocenters. The Bertz CT molecular complexity index is 540. The van der Waals surface area contributed by atoms with E-state index >= 15 is 0 Å². The second-order valence-corrected chi connectivity index (χ2v) is 7.30. The minimum absolute atomic E-state index is 0.152. The lowest BCUT2D eigenvalue weighted by atomic mass is 9.78. The number of benzene rings is 1. The third kappa shape index (κ3) is 4.05. The van der Waals surface area contributed by atoms with Crippen molar-refractivity contribution in [3.05, 3.63) is 29.8 Å². The molecule has 3 rings (SSSR count). The van der Waals surface area contributed by atoms with E-state index in [-0.39, 0.29) is 12.0 Å². The van der Waals surface area contributed by atoms with E-state index in [1.807, 2.05) is 43.0 Å². The van der Waals surface area contributed by atoms with Crippen LogP contribution in [-0.2, 0) is 11.2 Å². The molecule has 2 heterocycles. The lowest BCUT2D eigenvalue weighted by Gasteiger charge is -2.39. The van der Waals surface area contributed by atoms with E-state index in [1.165, 1.54) is 6.42 Å². The minimum atomic E-state index is 0.152. The van der Waals surface area contributed by atoms with Crippen molar-refractivity contribution in [2.45, 2.75) is 45.6 Å². The van der Waals surface area contributed by atoms with Gasteiger partial charge >= 0.3 is 0 Å². The van der Waals surface area contributed by atoms with Gasteiger partial charge in [-0.1, -0.05) is 12.1 Å². The summed E-state index contributed by atoms with van der Waals surface area (Å²) in [7, 11) is 0. The van der Waals surface area contributed by atoms with Gasteiger partial charge in [-0.2, -0.15) is 0 Å². The van der Waals surface area contributed by atoms with Crippen molar-refractivity contribution in [2.24, 2.45) is 5.41 Å². The molecule has 4 heteroatoms. The molecule has 0 radical (unpaired) electrons. The number of rotatable bonds is 4. The van der Waals surface area contributed by atoms with Gasteiger partial charge in [0.25, 0.3) is 0 Å². The number of hydrogen-bond donors (Lipinski definition) is 1. The number of hydrogen-bond acceptors (Lipinski definition) is 3. The molecule has 0 aromatic heterocycles. The molecule has 0 atom stereocenters. The van der Waals surface area contributed by atoms with Crippen LogP contribution in [0.4, 0.5) is 0 Å². The fourth-order valence-corrected chi connectivity index (χ4v) is 3.74. The molecule has 0 saturated carbocycles. The van der Waals surface area contributed by atoms with Crippen molar-refractivity contribution in [1.29, 1.82) is 0 Å². The maximum atomic E-state index is 12.6. The van der Waals surface area contributed by atoms with E-state index in [9.17, 15) is 4.79 Å². The predicted octanol–water partition coefficient (Wildman–Crippen LogP) is 2.62. The van der Waals surface area contributed by atoms with Gasteiger partial charge in [0, 0.05) is 19.6 Å². The second kappa shape index (κ2) is 6.91. The molecule has 4 nitrogen and oxygen atoms in total. The molecule has 0 bridgehead atoms. The second-order valence-electron chi connectivity index (χ2n) is 7.30. The van der Waals surface area contributed by atoms with Crippen LogP contribution in [0.3, 0.4) is 0 Å². The van der Waals surface area contributed by atoms with Crippen molar-refractivity contribution < 1.29 is 9.53 Å². The Hall–Kier alpha value is -1.55. The van der Waals surface area contributed by atoms with Crippen LogP contribution < -0.4 is 10.1 Å². The fraction of sp³-hybridized carbons (Fsp3) is 0.632. The van der Waals surface area contributed by atoms with Crippen LogP contribution in [0, 0.1) is 5.41 Å². The van der Waals surface area contributed by atoms with E-state index in [0.717, 1.165) is 50.3 Å². The number of nitrogens with one attached hydrogen (secondary N) is 1. The first-order valence-corrected chi connectivity index (χ1v) is 8.80.